The SMILES string of the molecule is CCS(=S)C(C)(C)C1CCCCC1=O. The summed E-state index contributed by atoms with van der Waals surface area (Å²) < 4.78 is 0.0432. The summed E-state index contributed by atoms with van der Waals surface area (Å²) in [7, 11) is -0.0431. The zero-order valence-electron chi connectivity index (χ0n) is 9.34. The largest absolute Gasteiger partial charge is 0.299 e. The number of ketones is 1. The summed E-state index contributed by atoms with van der Waals surface area (Å²) in [5.74, 6) is 1.71. The topological polar surface area (TPSA) is 17.1 Å². The van der Waals surface area contributed by atoms with E-state index in [1.807, 2.05) is 0 Å². The second-order valence-corrected chi connectivity index (χ2v) is 8.03. The van der Waals surface area contributed by atoms with E-state index in [0.717, 1.165) is 25.0 Å². The van der Waals surface area contributed by atoms with Gasteiger partial charge in [0, 0.05) is 17.1 Å². The van der Waals surface area contributed by atoms with Crippen LogP contribution in [0.15, 0.2) is 0 Å². The van der Waals surface area contributed by atoms with Gasteiger partial charge in [0.2, 0.25) is 0 Å². The average Bonchev–Trinajstić information content (AvgIpc) is 2.17. The number of hydrogen-bond donors (Lipinski definition) is 0. The van der Waals surface area contributed by atoms with E-state index in [0.29, 0.717) is 5.78 Å². The van der Waals surface area contributed by atoms with Crippen LogP contribution >= 0.6 is 0 Å². The summed E-state index contributed by atoms with van der Waals surface area (Å²) in [5, 5.41) is 0. The molecule has 0 spiro atoms. The Hall–Kier alpha value is 0.240. The highest BCUT2D eigenvalue weighted by atomic mass is 32.8. The molecular formula is C11H20OS2. The van der Waals surface area contributed by atoms with Crippen LogP contribution in [0.25, 0.3) is 0 Å². The van der Waals surface area contributed by atoms with Crippen LogP contribution in [0, 0.1) is 5.92 Å². The van der Waals surface area contributed by atoms with Gasteiger partial charge < -0.3 is 0 Å². The average molecular weight is 232 g/mol. The van der Waals surface area contributed by atoms with Gasteiger partial charge in [-0.1, -0.05) is 24.5 Å². The van der Waals surface area contributed by atoms with Gasteiger partial charge in [-0.25, -0.2) is 0 Å². The van der Waals surface area contributed by atoms with Crippen molar-refractivity contribution in [1.29, 1.82) is 0 Å². The second-order valence-electron chi connectivity index (χ2n) is 4.50. The van der Waals surface area contributed by atoms with E-state index in [-0.39, 0.29) is 20.1 Å². The van der Waals surface area contributed by atoms with Crippen molar-refractivity contribution < 1.29 is 4.79 Å². The first-order valence-electron chi connectivity index (χ1n) is 5.41. The molecule has 0 aromatic heterocycles. The zero-order chi connectivity index (χ0) is 10.8. The van der Waals surface area contributed by atoms with Crippen molar-refractivity contribution >= 4 is 26.4 Å². The van der Waals surface area contributed by atoms with E-state index >= 15 is 0 Å². The van der Waals surface area contributed by atoms with Gasteiger partial charge in [-0.3, -0.25) is 4.79 Å². The highest BCUT2D eigenvalue weighted by Crippen LogP contribution is 2.34. The highest BCUT2D eigenvalue weighted by molar-refractivity contribution is 8.29. The van der Waals surface area contributed by atoms with Crippen LogP contribution in [0.4, 0.5) is 0 Å². The molecule has 0 aromatic rings. The molecular weight excluding hydrogens is 212 g/mol. The van der Waals surface area contributed by atoms with Gasteiger partial charge in [0.1, 0.15) is 5.78 Å². The molecule has 0 N–H and O–H groups in total. The fourth-order valence-electron chi connectivity index (χ4n) is 2.25. The molecule has 3 heteroatoms. The Balaban J connectivity index is 2.79. The fourth-order valence-corrected chi connectivity index (χ4v) is 3.91. The van der Waals surface area contributed by atoms with Gasteiger partial charge in [-0.05, 0) is 32.4 Å². The van der Waals surface area contributed by atoms with Gasteiger partial charge >= 0.3 is 0 Å². The van der Waals surface area contributed by atoms with Crippen molar-refractivity contribution in [1.82, 2.24) is 0 Å². The van der Waals surface area contributed by atoms with Gasteiger partial charge in [0.15, 0.2) is 0 Å². The first-order chi connectivity index (χ1) is 6.50. The number of carbonyl (C=O) groups excluding carboxylic acids is 1. The standard InChI is InChI=1S/C11H20OS2/c1-4-14(13)11(2,3)9-7-5-6-8-10(9)12/h9H,4-8H2,1-3H3. The molecule has 82 valence electrons. The Kier molecular flexibility index (Phi) is 4.26. The van der Waals surface area contributed by atoms with E-state index in [1.54, 1.807) is 0 Å². The van der Waals surface area contributed by atoms with Crippen molar-refractivity contribution in [2.24, 2.45) is 5.92 Å². The predicted octanol–water partition coefficient (Wildman–Crippen LogP) is 2.62. The minimum absolute atomic E-state index is 0.0431. The molecule has 0 aromatic carbocycles. The van der Waals surface area contributed by atoms with E-state index in [9.17, 15) is 4.79 Å². The molecule has 2 unspecified atom stereocenters. The first-order valence-corrected chi connectivity index (χ1v) is 7.73. The lowest BCUT2D eigenvalue weighted by Gasteiger charge is -2.36. The Morgan fingerprint density at radius 3 is 2.64 bits per heavy atom. The van der Waals surface area contributed by atoms with Crippen LogP contribution in [0.3, 0.4) is 0 Å². The summed E-state index contributed by atoms with van der Waals surface area (Å²) >= 11 is 5.48. The van der Waals surface area contributed by atoms with E-state index in [1.165, 1.54) is 6.42 Å². The van der Waals surface area contributed by atoms with Gasteiger partial charge in [0.25, 0.3) is 0 Å². The number of carbonyl (C=O) groups is 1. The molecule has 1 rings (SSSR count). The molecule has 1 saturated carbocycles. The molecule has 2 atom stereocenters. The zero-order valence-corrected chi connectivity index (χ0v) is 11.0. The summed E-state index contributed by atoms with van der Waals surface area (Å²) in [5.41, 5.74) is 0. The Labute approximate surface area is 94.2 Å². The second kappa shape index (κ2) is 4.84. The number of rotatable bonds is 3. The third-order valence-corrected chi connectivity index (χ3v) is 7.22. The molecule has 0 saturated heterocycles. The van der Waals surface area contributed by atoms with Crippen LogP contribution in [0.2, 0.25) is 0 Å². The third-order valence-electron chi connectivity index (χ3n) is 3.24. The van der Waals surface area contributed by atoms with Crippen LogP contribution < -0.4 is 0 Å². The van der Waals surface area contributed by atoms with Crippen LogP contribution in [-0.4, -0.2) is 16.3 Å². The van der Waals surface area contributed by atoms with Crippen molar-refractivity contribution in [2.45, 2.75) is 51.2 Å². The Morgan fingerprint density at radius 1 is 1.50 bits per heavy atom. The molecule has 0 radical (unpaired) electrons. The monoisotopic (exact) mass is 232 g/mol. The maximum Gasteiger partial charge on any atom is 0.137 e. The molecule has 0 amide bonds. The van der Waals surface area contributed by atoms with E-state index in [2.05, 4.69) is 20.8 Å². The Morgan fingerprint density at radius 2 is 2.14 bits per heavy atom. The first kappa shape index (κ1) is 12.3. The lowest BCUT2D eigenvalue weighted by molar-refractivity contribution is -0.125. The summed E-state index contributed by atoms with van der Waals surface area (Å²) in [6.45, 7) is 6.49. The van der Waals surface area contributed by atoms with Crippen molar-refractivity contribution in [2.75, 3.05) is 5.75 Å². The molecule has 1 aliphatic rings. The quantitative estimate of drug-likeness (QED) is 0.744. The maximum absolute atomic E-state index is 11.8. The summed E-state index contributed by atoms with van der Waals surface area (Å²) in [6.07, 6.45) is 4.13. The Bertz CT molecular complexity index is 246. The van der Waals surface area contributed by atoms with Gasteiger partial charge in [-0.2, -0.15) is 0 Å². The van der Waals surface area contributed by atoms with Gasteiger partial charge in [0.05, 0.1) is 0 Å². The van der Waals surface area contributed by atoms with Crippen LogP contribution in [0.5, 0.6) is 0 Å². The molecule has 1 nitrogen and oxygen atoms in total. The lowest BCUT2D eigenvalue weighted by atomic mass is 9.80. The van der Waals surface area contributed by atoms with Crippen molar-refractivity contribution in [3.05, 3.63) is 0 Å². The predicted molar refractivity (Wildman–Crippen MR) is 66.3 cm³/mol. The molecule has 0 aliphatic heterocycles. The molecule has 0 heterocycles. The lowest BCUT2D eigenvalue weighted by Crippen LogP contribution is -2.42. The normalized spacial score (nSPS) is 26.2. The van der Waals surface area contributed by atoms with E-state index in [4.69, 9.17) is 11.2 Å². The van der Waals surface area contributed by atoms with Crippen LogP contribution in [-0.2, 0) is 25.4 Å². The molecule has 1 aliphatic carbocycles. The fraction of sp³-hybridized carbons (Fsp3) is 0.909. The highest BCUT2D eigenvalue weighted by Gasteiger charge is 2.37. The smallest absolute Gasteiger partial charge is 0.137 e. The minimum atomic E-state index is -0.0431. The van der Waals surface area contributed by atoms with Crippen molar-refractivity contribution in [3.63, 3.8) is 0 Å². The summed E-state index contributed by atoms with van der Waals surface area (Å²) in [4.78, 5) is 11.8. The maximum atomic E-state index is 11.8. The molecule has 1 fully saturated rings. The number of hydrogen-bond acceptors (Lipinski definition) is 2. The minimum Gasteiger partial charge on any atom is -0.299 e. The molecule has 14 heavy (non-hydrogen) atoms. The van der Waals surface area contributed by atoms with Gasteiger partial charge in [-0.15, -0.1) is 9.45 Å². The third kappa shape index (κ3) is 2.43. The summed E-state index contributed by atoms with van der Waals surface area (Å²) in [6, 6.07) is 0. The van der Waals surface area contributed by atoms with E-state index < -0.39 is 0 Å². The van der Waals surface area contributed by atoms with Crippen molar-refractivity contribution in [3.8, 4) is 0 Å². The van der Waals surface area contributed by atoms with Crippen LogP contribution in [0.1, 0.15) is 46.5 Å². The molecule has 0 bridgehead atoms. The number of Topliss-reactive ketones (excluding diaryl/α,β-unsaturated/α-hetero) is 1.